The lowest BCUT2D eigenvalue weighted by atomic mass is 9.91. The highest BCUT2D eigenvalue weighted by molar-refractivity contribution is 7.51. The Morgan fingerprint density at radius 3 is 3.07 bits per heavy atom. The Balaban J connectivity index is 1.58. The number of nitrogens with two attached hydrogens (primary N) is 1. The first-order valence-corrected chi connectivity index (χ1v) is 10.9. The van der Waals surface area contributed by atoms with Crippen molar-refractivity contribution in [3.8, 4) is 0 Å². The molecule has 30 heavy (non-hydrogen) atoms. The van der Waals surface area contributed by atoms with Crippen molar-refractivity contribution in [2.75, 3.05) is 18.9 Å². The first kappa shape index (κ1) is 21.1. The molecule has 0 bridgehead atoms. The molecule has 0 aliphatic carbocycles. The van der Waals surface area contributed by atoms with Gasteiger partial charge in [0.05, 0.1) is 25.1 Å². The number of nitrogens with zero attached hydrogens (tertiary/aromatic N) is 4. The maximum Gasteiger partial charge on any atom is 0.406 e. The zero-order valence-electron chi connectivity index (χ0n) is 16.6. The molecule has 2 fully saturated rings. The van der Waals surface area contributed by atoms with Crippen molar-refractivity contribution in [1.29, 1.82) is 0 Å². The minimum absolute atomic E-state index is 0.120. The lowest BCUT2D eigenvalue weighted by Gasteiger charge is -2.36. The number of ether oxygens (including phenoxy) is 2. The van der Waals surface area contributed by atoms with Gasteiger partial charge in [-0.1, -0.05) is 0 Å². The summed E-state index contributed by atoms with van der Waals surface area (Å²) >= 11 is 0. The number of aromatic nitrogens is 4. The van der Waals surface area contributed by atoms with E-state index in [4.69, 9.17) is 24.3 Å². The van der Waals surface area contributed by atoms with Gasteiger partial charge in [0, 0.05) is 0 Å². The topological polar surface area (TPSA) is 172 Å². The fourth-order valence-electron chi connectivity index (χ4n) is 3.59. The summed E-state index contributed by atoms with van der Waals surface area (Å²) in [6.45, 7) is 4.70. The normalized spacial score (nSPS) is 34.6. The van der Waals surface area contributed by atoms with Gasteiger partial charge in [-0.15, -0.1) is 0 Å². The quantitative estimate of drug-likeness (QED) is 0.417. The molecule has 14 heteroatoms. The minimum Gasteiger partial charge on any atom is -0.465 e. The van der Waals surface area contributed by atoms with Crippen LogP contribution in [0.5, 0.6) is 0 Å². The number of esters is 1. The molecule has 2 aliphatic rings. The van der Waals surface area contributed by atoms with Crippen molar-refractivity contribution in [3.05, 3.63) is 18.2 Å². The smallest absolute Gasteiger partial charge is 0.406 e. The van der Waals surface area contributed by atoms with E-state index < -0.39 is 43.7 Å². The van der Waals surface area contributed by atoms with Crippen molar-refractivity contribution in [2.24, 2.45) is 0 Å². The molecule has 2 saturated heterocycles. The number of hydrogen-bond donors (Lipinski definition) is 3. The minimum atomic E-state index is -3.92. The zero-order chi connectivity index (χ0) is 21.7. The van der Waals surface area contributed by atoms with E-state index in [2.05, 4.69) is 20.2 Å². The molecule has 164 valence electrons. The van der Waals surface area contributed by atoms with Crippen LogP contribution in [0.15, 0.2) is 12.5 Å². The lowest BCUT2D eigenvalue weighted by molar-refractivity contribution is -0.145. The van der Waals surface area contributed by atoms with Gasteiger partial charge < -0.3 is 20.3 Å². The van der Waals surface area contributed by atoms with Crippen molar-refractivity contribution in [1.82, 2.24) is 24.7 Å². The number of carbonyl (C=O) groups excluding carboxylic acids is 1. The van der Waals surface area contributed by atoms with E-state index >= 15 is 0 Å². The number of aliphatic hydroxyl groups is 1. The molecule has 4 rings (SSSR count). The highest BCUT2D eigenvalue weighted by Crippen LogP contribution is 2.56. The lowest BCUT2D eigenvalue weighted by Crippen LogP contribution is -2.49. The maximum absolute atomic E-state index is 13.0. The van der Waals surface area contributed by atoms with Crippen LogP contribution in [0.3, 0.4) is 0 Å². The summed E-state index contributed by atoms with van der Waals surface area (Å²) in [5.41, 5.74) is 4.93. The highest BCUT2D eigenvalue weighted by atomic mass is 31.2. The van der Waals surface area contributed by atoms with Gasteiger partial charge in [-0.05, 0) is 20.8 Å². The first-order valence-electron chi connectivity index (χ1n) is 9.35. The van der Waals surface area contributed by atoms with Gasteiger partial charge in [-0.2, -0.15) is 5.10 Å². The van der Waals surface area contributed by atoms with Crippen molar-refractivity contribution >= 4 is 25.2 Å². The molecular weight excluding hydrogens is 419 g/mol. The predicted molar refractivity (Wildman–Crippen MR) is 101 cm³/mol. The summed E-state index contributed by atoms with van der Waals surface area (Å²) in [6, 6.07) is -0.936. The number of fused-ring (bicyclic) bond motifs is 2. The standard InChI is InChI=1S/C16H23N6O7P/c1-4-26-15(23)8(2)21-30(25)27-6-10-12(29-30)16(3,24)11(28-10)9-5-18-14-13(17)19-7-20-22(9)14/h5,7-8,10-12,24H,4,6H2,1-3H3,(H,21,25)(H2,17,19,20)/t8-,10+,11-,12+,16-,30?/m0/s1. The zero-order valence-corrected chi connectivity index (χ0v) is 17.5. The number of nitrogens with one attached hydrogen (secondary N) is 1. The average Bonchev–Trinajstić information content (AvgIpc) is 3.21. The Morgan fingerprint density at radius 1 is 1.57 bits per heavy atom. The van der Waals surface area contributed by atoms with Crippen LogP contribution in [-0.4, -0.2) is 67.7 Å². The van der Waals surface area contributed by atoms with Gasteiger partial charge in [-0.3, -0.25) is 13.8 Å². The molecular formula is C16H23N6O7P. The van der Waals surface area contributed by atoms with Crippen molar-refractivity contribution in [3.63, 3.8) is 0 Å². The third kappa shape index (κ3) is 3.47. The number of carbonyl (C=O) groups is 1. The van der Waals surface area contributed by atoms with Gasteiger partial charge in [0.2, 0.25) is 0 Å². The Bertz CT molecular complexity index is 1010. The van der Waals surface area contributed by atoms with Crippen LogP contribution in [0.1, 0.15) is 32.6 Å². The molecule has 6 atom stereocenters. The average molecular weight is 442 g/mol. The molecule has 4 N–H and O–H groups in total. The maximum atomic E-state index is 13.0. The third-order valence-corrected chi connectivity index (χ3v) is 6.73. The molecule has 0 saturated carbocycles. The number of anilines is 1. The summed E-state index contributed by atoms with van der Waals surface area (Å²) in [5, 5.41) is 17.9. The Hall–Kier alpha value is -2.15. The first-order chi connectivity index (χ1) is 14.2. The Kier molecular flexibility index (Phi) is 5.29. The van der Waals surface area contributed by atoms with Crippen LogP contribution in [-0.2, 0) is 27.9 Å². The largest absolute Gasteiger partial charge is 0.465 e. The number of hydrogen-bond acceptors (Lipinski definition) is 11. The summed E-state index contributed by atoms with van der Waals surface area (Å²) in [6.07, 6.45) is 0.0940. The molecule has 2 aromatic heterocycles. The number of rotatable bonds is 5. The van der Waals surface area contributed by atoms with E-state index in [0.29, 0.717) is 11.3 Å². The summed E-state index contributed by atoms with van der Waals surface area (Å²) in [5.74, 6) is -0.426. The second-order valence-electron chi connectivity index (χ2n) is 7.27. The van der Waals surface area contributed by atoms with Gasteiger partial charge in [-0.25, -0.2) is 24.1 Å². The van der Waals surface area contributed by atoms with Crippen LogP contribution < -0.4 is 10.8 Å². The monoisotopic (exact) mass is 442 g/mol. The van der Waals surface area contributed by atoms with Gasteiger partial charge in [0.1, 0.15) is 36.3 Å². The summed E-state index contributed by atoms with van der Waals surface area (Å²) in [7, 11) is -3.92. The van der Waals surface area contributed by atoms with E-state index in [1.807, 2.05) is 0 Å². The molecule has 2 aliphatic heterocycles. The fourth-order valence-corrected chi connectivity index (χ4v) is 5.35. The molecule has 0 aromatic carbocycles. The van der Waals surface area contributed by atoms with Crippen LogP contribution in [0.2, 0.25) is 0 Å². The third-order valence-electron chi connectivity index (χ3n) is 5.03. The molecule has 2 aromatic rings. The molecule has 0 spiro atoms. The molecule has 0 radical (unpaired) electrons. The number of nitrogen functional groups attached to an aromatic ring is 1. The van der Waals surface area contributed by atoms with Crippen molar-refractivity contribution in [2.45, 2.75) is 50.7 Å². The van der Waals surface area contributed by atoms with Crippen LogP contribution in [0.25, 0.3) is 5.65 Å². The van der Waals surface area contributed by atoms with Crippen LogP contribution >= 0.6 is 7.75 Å². The Labute approximate surface area is 171 Å². The van der Waals surface area contributed by atoms with Gasteiger partial charge in [0.25, 0.3) is 0 Å². The van der Waals surface area contributed by atoms with Crippen LogP contribution in [0.4, 0.5) is 5.82 Å². The Morgan fingerprint density at radius 2 is 2.33 bits per heavy atom. The van der Waals surface area contributed by atoms with E-state index in [-0.39, 0.29) is 19.0 Å². The molecule has 13 nitrogen and oxygen atoms in total. The SMILES string of the molecule is CCOC(=O)[C@H](C)NP1(=O)OC[C@H]2O[C@@H](c3cnc4c(N)ncnn34)[C@](C)(O)[C@@H]2O1. The fraction of sp³-hybridized carbons (Fsp3) is 0.625. The van der Waals surface area contributed by atoms with E-state index in [9.17, 15) is 14.5 Å². The number of imidazole rings is 1. The molecule has 0 amide bonds. The predicted octanol–water partition coefficient (Wildman–Crippen LogP) is -0.0379. The molecule has 1 unspecified atom stereocenters. The summed E-state index contributed by atoms with van der Waals surface area (Å²) < 4.78 is 36.3. The van der Waals surface area contributed by atoms with Crippen LogP contribution in [0, 0.1) is 0 Å². The van der Waals surface area contributed by atoms with E-state index in [1.165, 1.54) is 30.9 Å². The van der Waals surface area contributed by atoms with Crippen molar-refractivity contribution < 1.29 is 33.0 Å². The van der Waals surface area contributed by atoms with Gasteiger partial charge >= 0.3 is 13.7 Å². The van der Waals surface area contributed by atoms with Gasteiger partial charge in [0.15, 0.2) is 11.5 Å². The van der Waals surface area contributed by atoms with E-state index in [0.717, 1.165) is 0 Å². The van der Waals surface area contributed by atoms with E-state index in [1.54, 1.807) is 6.92 Å². The molecule has 4 heterocycles. The second kappa shape index (κ2) is 7.52. The highest BCUT2D eigenvalue weighted by Gasteiger charge is 2.60. The second-order valence-corrected chi connectivity index (χ2v) is 8.99. The summed E-state index contributed by atoms with van der Waals surface area (Å²) in [4.78, 5) is 19.9.